The molecule has 0 aliphatic heterocycles. The van der Waals surface area contributed by atoms with Crippen molar-refractivity contribution >= 4 is 10.1 Å². The summed E-state index contributed by atoms with van der Waals surface area (Å²) in [5.41, 5.74) is 0. The van der Waals surface area contributed by atoms with Crippen LogP contribution in [0.25, 0.3) is 0 Å². The summed E-state index contributed by atoms with van der Waals surface area (Å²) in [5, 5.41) is 0. The molecule has 0 aliphatic carbocycles. The molecule has 4 nitrogen and oxygen atoms in total. The van der Waals surface area contributed by atoms with Gasteiger partial charge >= 0.3 is 0 Å². The van der Waals surface area contributed by atoms with Crippen LogP contribution in [-0.4, -0.2) is 50.4 Å². The van der Waals surface area contributed by atoms with Crippen LogP contribution in [0.3, 0.4) is 0 Å². The second kappa shape index (κ2) is 23.0. The van der Waals surface area contributed by atoms with Crippen LogP contribution in [0.2, 0.25) is 0 Å². The Balaban J connectivity index is 0. The summed E-state index contributed by atoms with van der Waals surface area (Å²) in [6.45, 7) is 11.2. The second-order valence-corrected chi connectivity index (χ2v) is 11.3. The van der Waals surface area contributed by atoms with E-state index in [2.05, 4.69) is 27.8 Å². The molecule has 0 unspecified atom stereocenters. The van der Waals surface area contributed by atoms with E-state index >= 15 is 0 Å². The molecular formula is C26H58NO3S+. The highest BCUT2D eigenvalue weighted by Gasteiger charge is 2.20. The Morgan fingerprint density at radius 3 is 0.935 bits per heavy atom. The second-order valence-electron chi connectivity index (χ2n) is 9.83. The highest BCUT2D eigenvalue weighted by Crippen LogP contribution is 2.16. The Bertz CT molecular complexity index is 403. The molecule has 0 saturated heterocycles. The van der Waals surface area contributed by atoms with Crippen molar-refractivity contribution in [2.75, 3.05) is 32.9 Å². The van der Waals surface area contributed by atoms with Gasteiger partial charge < -0.3 is 4.48 Å². The maximum Gasteiger partial charge on any atom is 0.261 e. The van der Waals surface area contributed by atoms with Crippen LogP contribution in [-0.2, 0) is 10.1 Å². The Morgan fingerprint density at radius 1 is 0.516 bits per heavy atom. The molecule has 0 aromatic rings. The number of nitrogens with zero attached hydrogens (tertiary/aromatic N) is 1. The molecule has 31 heavy (non-hydrogen) atoms. The van der Waals surface area contributed by atoms with Crippen molar-refractivity contribution in [2.24, 2.45) is 0 Å². The summed E-state index contributed by atoms with van der Waals surface area (Å²) in [6, 6.07) is 0. The summed E-state index contributed by atoms with van der Waals surface area (Å²) in [4.78, 5) is 0. The topological polar surface area (TPSA) is 54.4 Å². The molecule has 0 atom stereocenters. The molecule has 1 N–H and O–H groups in total. The normalized spacial score (nSPS) is 11.9. The summed E-state index contributed by atoms with van der Waals surface area (Å²) < 4.78 is 27.2. The van der Waals surface area contributed by atoms with E-state index in [1.165, 1.54) is 140 Å². The fourth-order valence-corrected chi connectivity index (χ4v) is 4.16. The lowest BCUT2D eigenvalue weighted by Crippen LogP contribution is -2.46. The van der Waals surface area contributed by atoms with Crippen molar-refractivity contribution in [3.05, 3.63) is 0 Å². The van der Waals surface area contributed by atoms with Crippen molar-refractivity contribution in [1.82, 2.24) is 0 Å². The average molecular weight is 465 g/mol. The molecule has 0 aliphatic rings. The van der Waals surface area contributed by atoms with E-state index in [4.69, 9.17) is 4.55 Å². The fraction of sp³-hybridized carbons (Fsp3) is 1.00. The minimum Gasteiger partial charge on any atom is -0.326 e. The van der Waals surface area contributed by atoms with Gasteiger partial charge in [0.2, 0.25) is 0 Å². The maximum absolute atomic E-state index is 9.19. The first kappa shape index (κ1) is 33.0. The predicted octanol–water partition coefficient (Wildman–Crippen LogP) is 8.02. The average Bonchev–Trinajstić information content (AvgIpc) is 2.69. The smallest absolute Gasteiger partial charge is 0.261 e. The first-order chi connectivity index (χ1) is 14.7. The molecule has 190 valence electrons. The standard InChI is InChI=1S/C25H54N.CH4O3S/c1-5-8-11-14-17-20-23-26(4,24-21-18-15-12-9-6-2)25-22-19-16-13-10-7-3;1-5(2,3)4/h5-25H2,1-4H3;1H3,(H,2,3,4)/q+1;. The molecule has 0 radical (unpaired) electrons. The van der Waals surface area contributed by atoms with Gasteiger partial charge in [0.1, 0.15) is 0 Å². The maximum atomic E-state index is 9.19. The van der Waals surface area contributed by atoms with Crippen molar-refractivity contribution < 1.29 is 17.5 Å². The minimum absolute atomic E-state index is 0.715. The Kier molecular flexibility index (Phi) is 24.6. The van der Waals surface area contributed by atoms with Crippen LogP contribution in [0.15, 0.2) is 0 Å². The van der Waals surface area contributed by atoms with Crippen LogP contribution >= 0.6 is 0 Å². The molecule has 0 amide bonds. The number of unbranched alkanes of at least 4 members (excludes halogenated alkanes) is 15. The first-order valence-corrected chi connectivity index (χ1v) is 15.3. The molecule has 0 aromatic carbocycles. The van der Waals surface area contributed by atoms with Crippen molar-refractivity contribution in [3.63, 3.8) is 0 Å². The minimum atomic E-state index is -3.67. The highest BCUT2D eigenvalue weighted by molar-refractivity contribution is 7.85. The first-order valence-electron chi connectivity index (χ1n) is 13.4. The van der Waals surface area contributed by atoms with Gasteiger partial charge in [-0.1, -0.05) is 97.8 Å². The third-order valence-corrected chi connectivity index (χ3v) is 6.15. The highest BCUT2D eigenvalue weighted by atomic mass is 32.2. The van der Waals surface area contributed by atoms with E-state index in [0.717, 1.165) is 0 Å². The van der Waals surface area contributed by atoms with Gasteiger partial charge in [0, 0.05) is 0 Å². The number of hydrogen-bond donors (Lipinski definition) is 1. The van der Waals surface area contributed by atoms with Crippen LogP contribution in [0.4, 0.5) is 0 Å². The molecular weight excluding hydrogens is 406 g/mol. The lowest BCUT2D eigenvalue weighted by atomic mass is 10.1. The van der Waals surface area contributed by atoms with Crippen molar-refractivity contribution in [1.29, 1.82) is 0 Å². The van der Waals surface area contributed by atoms with Gasteiger partial charge in [-0.25, -0.2) is 0 Å². The van der Waals surface area contributed by atoms with Gasteiger partial charge in [-0.2, -0.15) is 8.42 Å². The Morgan fingerprint density at radius 2 is 0.710 bits per heavy atom. The third-order valence-electron chi connectivity index (χ3n) is 6.15. The van der Waals surface area contributed by atoms with E-state index in [-0.39, 0.29) is 0 Å². The van der Waals surface area contributed by atoms with E-state index in [1.807, 2.05) is 0 Å². The monoisotopic (exact) mass is 464 g/mol. The number of quaternary nitrogens is 1. The predicted molar refractivity (Wildman–Crippen MR) is 138 cm³/mol. The van der Waals surface area contributed by atoms with Crippen LogP contribution < -0.4 is 0 Å². The van der Waals surface area contributed by atoms with E-state index in [9.17, 15) is 8.42 Å². The van der Waals surface area contributed by atoms with Crippen molar-refractivity contribution in [3.8, 4) is 0 Å². The number of rotatable bonds is 21. The zero-order valence-corrected chi connectivity index (χ0v) is 22.8. The summed E-state index contributed by atoms with van der Waals surface area (Å²) >= 11 is 0. The van der Waals surface area contributed by atoms with Gasteiger partial charge in [0.25, 0.3) is 10.1 Å². The molecule has 0 saturated carbocycles. The zero-order valence-electron chi connectivity index (χ0n) is 22.0. The molecule has 0 spiro atoms. The van der Waals surface area contributed by atoms with E-state index in [0.29, 0.717) is 6.26 Å². The van der Waals surface area contributed by atoms with Crippen LogP contribution in [0, 0.1) is 0 Å². The zero-order chi connectivity index (χ0) is 23.8. The van der Waals surface area contributed by atoms with Crippen molar-refractivity contribution in [2.45, 2.75) is 136 Å². The van der Waals surface area contributed by atoms with Gasteiger partial charge in [0.05, 0.1) is 32.9 Å². The van der Waals surface area contributed by atoms with E-state index in [1.54, 1.807) is 0 Å². The molecule has 5 heteroatoms. The van der Waals surface area contributed by atoms with Crippen LogP contribution in [0.5, 0.6) is 0 Å². The summed E-state index contributed by atoms with van der Waals surface area (Å²) in [6.07, 6.45) is 26.6. The molecule has 0 fully saturated rings. The molecule has 0 rings (SSSR count). The molecule has 0 aromatic heterocycles. The van der Waals surface area contributed by atoms with Gasteiger partial charge in [-0.3, -0.25) is 4.55 Å². The molecule has 0 heterocycles. The third kappa shape index (κ3) is 32.1. The van der Waals surface area contributed by atoms with Gasteiger partial charge in [-0.05, 0) is 38.5 Å². The van der Waals surface area contributed by atoms with Gasteiger partial charge in [0.15, 0.2) is 0 Å². The SMILES string of the molecule is CCCCCCCC[N+](C)(CCCCCCCC)CCCCCCCC.CS(=O)(=O)O. The summed E-state index contributed by atoms with van der Waals surface area (Å²) in [5.74, 6) is 0. The number of hydrogen-bond acceptors (Lipinski definition) is 2. The Labute approximate surface area is 196 Å². The Hall–Kier alpha value is -0.130. The fourth-order valence-electron chi connectivity index (χ4n) is 4.16. The van der Waals surface area contributed by atoms with Gasteiger partial charge in [-0.15, -0.1) is 0 Å². The van der Waals surface area contributed by atoms with Crippen LogP contribution in [0.1, 0.15) is 136 Å². The lowest BCUT2D eigenvalue weighted by molar-refractivity contribution is -0.910. The largest absolute Gasteiger partial charge is 0.326 e. The van der Waals surface area contributed by atoms with E-state index < -0.39 is 10.1 Å². The molecule has 0 bridgehead atoms. The lowest BCUT2D eigenvalue weighted by Gasteiger charge is -2.35. The summed E-state index contributed by atoms with van der Waals surface area (Å²) in [7, 11) is -1.11. The quantitative estimate of drug-likeness (QED) is 0.106.